The highest BCUT2D eigenvalue weighted by Gasteiger charge is 2.16. The fraction of sp³-hybridized carbons (Fsp3) is 0.455. The molecule has 8 heteroatoms. The Morgan fingerprint density at radius 3 is 2.89 bits per heavy atom. The number of ether oxygens (including phenoxy) is 1. The van der Waals surface area contributed by atoms with Crippen LogP contribution in [0.4, 0.5) is 0 Å². The Kier molecular flexibility index (Phi) is 4.58. The maximum Gasteiger partial charge on any atom is 0.271 e. The molecule has 0 aliphatic rings. The molecule has 0 amide bonds. The van der Waals surface area contributed by atoms with Crippen molar-refractivity contribution >= 4 is 31.6 Å². The van der Waals surface area contributed by atoms with Gasteiger partial charge in [-0.1, -0.05) is 0 Å². The van der Waals surface area contributed by atoms with Crippen molar-refractivity contribution in [1.82, 2.24) is 5.32 Å². The Balaban J connectivity index is 1.97. The normalized spacial score (nSPS) is 12.3. The molecule has 0 fully saturated rings. The lowest BCUT2D eigenvalue weighted by atomic mass is 10.3. The van der Waals surface area contributed by atoms with Crippen molar-refractivity contribution in [3.8, 4) is 0 Å². The van der Waals surface area contributed by atoms with E-state index in [0.29, 0.717) is 24.7 Å². The lowest BCUT2D eigenvalue weighted by molar-refractivity contribution is 0.149. The maximum atomic E-state index is 11.1. The largest absolute Gasteiger partial charge is 0.433 e. The molecule has 2 aromatic heterocycles. The zero-order chi connectivity index (χ0) is 13.9. The summed E-state index contributed by atoms with van der Waals surface area (Å²) in [5, 5.41) is 8.80. The molecule has 0 saturated carbocycles. The molecule has 6 nitrogen and oxygen atoms in total. The summed E-state index contributed by atoms with van der Waals surface area (Å²) >= 11 is 1.41. The van der Waals surface area contributed by atoms with Crippen molar-refractivity contribution in [1.29, 1.82) is 0 Å². The molecule has 2 heterocycles. The predicted molar refractivity (Wildman–Crippen MR) is 73.7 cm³/mol. The number of sulfonamides is 1. The molecule has 0 aromatic carbocycles. The van der Waals surface area contributed by atoms with Gasteiger partial charge in [0.05, 0.1) is 6.61 Å². The second-order valence-corrected chi connectivity index (χ2v) is 6.53. The highest BCUT2D eigenvalue weighted by Crippen LogP contribution is 2.30. The van der Waals surface area contributed by atoms with E-state index in [0.717, 1.165) is 16.8 Å². The van der Waals surface area contributed by atoms with E-state index >= 15 is 0 Å². The van der Waals surface area contributed by atoms with Crippen LogP contribution in [0, 0.1) is 0 Å². The average Bonchev–Trinajstić information content (AvgIpc) is 2.85. The van der Waals surface area contributed by atoms with Crippen molar-refractivity contribution in [2.75, 3.05) is 19.8 Å². The van der Waals surface area contributed by atoms with Crippen LogP contribution in [-0.4, -0.2) is 28.2 Å². The number of hydrogen-bond acceptors (Lipinski definition) is 6. The number of primary sulfonamides is 1. The molecule has 0 spiro atoms. The first-order chi connectivity index (χ1) is 9.00. The van der Waals surface area contributed by atoms with Gasteiger partial charge in [0.15, 0.2) is 4.90 Å². The summed E-state index contributed by atoms with van der Waals surface area (Å²) < 4.78 is 32.7. The Hall–Kier alpha value is -0.930. The molecule has 19 heavy (non-hydrogen) atoms. The molecule has 0 aliphatic heterocycles. The van der Waals surface area contributed by atoms with E-state index in [1.807, 2.05) is 13.0 Å². The quantitative estimate of drug-likeness (QED) is 0.751. The summed E-state index contributed by atoms with van der Waals surface area (Å²) in [6, 6.07) is 3.34. The summed E-state index contributed by atoms with van der Waals surface area (Å²) in [5.74, 6) is 0. The first-order valence-electron chi connectivity index (χ1n) is 5.84. The molecular formula is C11H16N2O4S2. The Bertz CT molecular complexity index is 613. The van der Waals surface area contributed by atoms with Crippen molar-refractivity contribution < 1.29 is 17.6 Å². The SMILES string of the molecule is CCOCCNCc1cc2cc(S(N)(=O)=O)oc2s1. The van der Waals surface area contributed by atoms with Gasteiger partial charge in [-0.15, -0.1) is 11.3 Å². The van der Waals surface area contributed by atoms with Crippen molar-refractivity contribution in [3.05, 3.63) is 17.0 Å². The minimum atomic E-state index is -3.77. The van der Waals surface area contributed by atoms with Crippen molar-refractivity contribution in [3.63, 3.8) is 0 Å². The van der Waals surface area contributed by atoms with Gasteiger partial charge in [0.25, 0.3) is 10.0 Å². The van der Waals surface area contributed by atoms with Gasteiger partial charge < -0.3 is 14.5 Å². The summed E-state index contributed by atoms with van der Waals surface area (Å²) in [6.07, 6.45) is 0. The fourth-order valence-electron chi connectivity index (χ4n) is 1.60. The monoisotopic (exact) mass is 304 g/mol. The Labute approximate surface area is 115 Å². The lowest BCUT2D eigenvalue weighted by Gasteiger charge is -2.02. The Morgan fingerprint density at radius 1 is 1.47 bits per heavy atom. The van der Waals surface area contributed by atoms with Crippen LogP contribution in [0.5, 0.6) is 0 Å². The van der Waals surface area contributed by atoms with Crippen LogP contribution in [-0.2, 0) is 21.3 Å². The van der Waals surface area contributed by atoms with Crippen LogP contribution in [0.1, 0.15) is 11.8 Å². The van der Waals surface area contributed by atoms with Crippen LogP contribution in [0.15, 0.2) is 21.6 Å². The topological polar surface area (TPSA) is 94.6 Å². The number of furan rings is 1. The van der Waals surface area contributed by atoms with Crippen LogP contribution >= 0.6 is 11.3 Å². The van der Waals surface area contributed by atoms with Gasteiger partial charge in [-0.25, -0.2) is 13.6 Å². The third-order valence-electron chi connectivity index (χ3n) is 2.45. The third kappa shape index (κ3) is 3.77. The van der Waals surface area contributed by atoms with Crippen molar-refractivity contribution in [2.24, 2.45) is 5.14 Å². The van der Waals surface area contributed by atoms with E-state index in [4.69, 9.17) is 14.3 Å². The van der Waals surface area contributed by atoms with E-state index < -0.39 is 10.0 Å². The zero-order valence-corrected chi connectivity index (χ0v) is 12.1. The maximum absolute atomic E-state index is 11.1. The molecule has 0 atom stereocenters. The predicted octanol–water partition coefficient (Wildman–Crippen LogP) is 1.27. The van der Waals surface area contributed by atoms with Crippen LogP contribution in [0.2, 0.25) is 0 Å². The minimum absolute atomic E-state index is 0.190. The van der Waals surface area contributed by atoms with Gasteiger partial charge in [-0.05, 0) is 13.0 Å². The van der Waals surface area contributed by atoms with Crippen LogP contribution in [0.25, 0.3) is 10.3 Å². The third-order valence-corrected chi connectivity index (χ3v) is 4.24. The highest BCUT2D eigenvalue weighted by atomic mass is 32.2. The van der Waals surface area contributed by atoms with E-state index in [-0.39, 0.29) is 5.09 Å². The smallest absolute Gasteiger partial charge is 0.271 e. The molecule has 0 saturated heterocycles. The van der Waals surface area contributed by atoms with E-state index in [1.165, 1.54) is 17.4 Å². The minimum Gasteiger partial charge on any atom is -0.433 e. The molecule has 2 rings (SSSR count). The molecule has 0 bridgehead atoms. The number of hydrogen-bond donors (Lipinski definition) is 2. The van der Waals surface area contributed by atoms with Gasteiger partial charge in [-0.2, -0.15) is 0 Å². The standard InChI is InChI=1S/C11H16N2O4S2/c1-2-16-4-3-13-7-9-5-8-6-10(19(12,14)15)17-11(8)18-9/h5-6,13H,2-4,7H2,1H3,(H2,12,14,15). The number of nitrogens with two attached hydrogens (primary N) is 1. The second-order valence-electron chi connectivity index (χ2n) is 3.94. The Morgan fingerprint density at radius 2 is 2.26 bits per heavy atom. The van der Waals surface area contributed by atoms with Crippen molar-refractivity contribution in [2.45, 2.75) is 18.6 Å². The van der Waals surface area contributed by atoms with E-state index in [9.17, 15) is 8.42 Å². The molecular weight excluding hydrogens is 288 g/mol. The van der Waals surface area contributed by atoms with Crippen LogP contribution in [0.3, 0.4) is 0 Å². The number of thiophene rings is 1. The molecule has 106 valence electrons. The first kappa shape index (κ1) is 14.5. The molecule has 0 aliphatic carbocycles. The van der Waals surface area contributed by atoms with Gasteiger partial charge >= 0.3 is 0 Å². The highest BCUT2D eigenvalue weighted by molar-refractivity contribution is 7.89. The second kappa shape index (κ2) is 6.02. The summed E-state index contributed by atoms with van der Waals surface area (Å²) in [6.45, 7) is 4.82. The number of fused-ring (bicyclic) bond motifs is 1. The summed E-state index contributed by atoms with van der Waals surface area (Å²) in [4.78, 5) is 1.65. The first-order valence-corrected chi connectivity index (χ1v) is 8.20. The van der Waals surface area contributed by atoms with E-state index in [2.05, 4.69) is 5.32 Å². The van der Waals surface area contributed by atoms with Gasteiger partial charge in [0.2, 0.25) is 5.09 Å². The lowest BCUT2D eigenvalue weighted by Crippen LogP contribution is -2.18. The van der Waals surface area contributed by atoms with Gasteiger partial charge in [0, 0.05) is 36.0 Å². The molecule has 2 aromatic rings. The fourth-order valence-corrected chi connectivity index (χ4v) is 3.10. The number of nitrogens with one attached hydrogen (secondary N) is 1. The van der Waals surface area contributed by atoms with Crippen LogP contribution < -0.4 is 10.5 Å². The van der Waals surface area contributed by atoms with E-state index in [1.54, 1.807) is 0 Å². The van der Waals surface area contributed by atoms with Gasteiger partial charge in [-0.3, -0.25) is 0 Å². The number of rotatable bonds is 7. The molecule has 0 unspecified atom stereocenters. The summed E-state index contributed by atoms with van der Waals surface area (Å²) in [5.41, 5.74) is 0. The zero-order valence-electron chi connectivity index (χ0n) is 10.5. The average molecular weight is 304 g/mol. The van der Waals surface area contributed by atoms with Gasteiger partial charge in [0.1, 0.15) is 0 Å². The summed E-state index contributed by atoms with van der Waals surface area (Å²) in [7, 11) is -3.77. The molecule has 0 radical (unpaired) electrons. The molecule has 3 N–H and O–H groups in total.